The van der Waals surface area contributed by atoms with Gasteiger partial charge >= 0.3 is 5.97 Å². The van der Waals surface area contributed by atoms with Gasteiger partial charge in [0.05, 0.1) is 35.8 Å². The number of carbonyl (C=O) groups excluding carboxylic acids is 3. The van der Waals surface area contributed by atoms with Crippen LogP contribution in [0.15, 0.2) is 55.6 Å². The normalized spacial score (nSPS) is 29.6. The van der Waals surface area contributed by atoms with Crippen molar-refractivity contribution in [3.63, 3.8) is 0 Å². The Morgan fingerprint density at radius 2 is 1.98 bits per heavy atom. The Labute approximate surface area is 249 Å². The first-order valence-corrected chi connectivity index (χ1v) is 16.0. The van der Waals surface area contributed by atoms with Crippen LogP contribution >= 0.6 is 11.8 Å². The third-order valence-electron chi connectivity index (χ3n) is 9.28. The van der Waals surface area contributed by atoms with Crippen molar-refractivity contribution in [3.05, 3.63) is 61.2 Å². The molecule has 3 aliphatic heterocycles. The standard InChI is InChI=1S/C33H46N2O5S/c1-6-9-10-14-19-40-32(39)27-26-20-22(4)33(41-26)28(27)30(37)35(25(21-36)24-16-12-11-13-17-24)29(33)31(38)34(18-8-3)23(5)15-7-2/h6,8,11-13,16-17,22-23,25-29,36H,1,3,7,9-10,14-15,18-21H2,2,4-5H3/t22?,23?,25-,26-,27+,28+,29?,33?/m1/s1. The topological polar surface area (TPSA) is 87.1 Å². The largest absolute Gasteiger partial charge is 0.465 e. The Morgan fingerprint density at radius 1 is 1.24 bits per heavy atom. The third-order valence-corrected chi connectivity index (χ3v) is 11.4. The number of aliphatic hydroxyl groups is 1. The van der Waals surface area contributed by atoms with E-state index in [1.54, 1.807) is 22.7 Å². The molecule has 3 saturated heterocycles. The first kappa shape index (κ1) is 31.4. The van der Waals surface area contributed by atoms with Gasteiger partial charge in [0, 0.05) is 17.8 Å². The second-order valence-electron chi connectivity index (χ2n) is 11.8. The van der Waals surface area contributed by atoms with Gasteiger partial charge in [0.15, 0.2) is 0 Å². The summed E-state index contributed by atoms with van der Waals surface area (Å²) in [6, 6.07) is 7.83. The van der Waals surface area contributed by atoms with Gasteiger partial charge in [-0.2, -0.15) is 0 Å². The minimum Gasteiger partial charge on any atom is -0.465 e. The van der Waals surface area contributed by atoms with Crippen molar-refractivity contribution in [2.45, 2.75) is 87.4 Å². The Kier molecular flexibility index (Phi) is 10.4. The highest BCUT2D eigenvalue weighted by atomic mass is 32.2. The summed E-state index contributed by atoms with van der Waals surface area (Å²) >= 11 is 1.64. The molecule has 7 nitrogen and oxygen atoms in total. The Morgan fingerprint density at radius 3 is 2.61 bits per heavy atom. The molecule has 3 aliphatic rings. The van der Waals surface area contributed by atoms with Crippen molar-refractivity contribution >= 4 is 29.5 Å². The predicted molar refractivity (Wildman–Crippen MR) is 163 cm³/mol. The molecule has 0 radical (unpaired) electrons. The predicted octanol–water partition coefficient (Wildman–Crippen LogP) is 5.16. The Balaban J connectivity index is 1.77. The summed E-state index contributed by atoms with van der Waals surface area (Å²) in [6.07, 6.45) is 8.55. The van der Waals surface area contributed by atoms with E-state index in [0.717, 1.165) is 44.1 Å². The third kappa shape index (κ3) is 5.62. The summed E-state index contributed by atoms with van der Waals surface area (Å²) in [5.41, 5.74) is 0.767. The number of unbranched alkanes of at least 4 members (excludes halogenated alkanes) is 2. The number of carbonyl (C=O) groups is 3. The molecular formula is C33H46N2O5S. The molecule has 1 N–H and O–H groups in total. The summed E-state index contributed by atoms with van der Waals surface area (Å²) in [6.45, 7) is 14.2. The van der Waals surface area contributed by atoms with Gasteiger partial charge < -0.3 is 19.6 Å². The van der Waals surface area contributed by atoms with E-state index in [0.29, 0.717) is 13.2 Å². The van der Waals surface area contributed by atoms with Crippen molar-refractivity contribution in [1.82, 2.24) is 9.80 Å². The zero-order chi connectivity index (χ0) is 29.7. The second-order valence-corrected chi connectivity index (χ2v) is 13.3. The monoisotopic (exact) mass is 582 g/mol. The van der Waals surface area contributed by atoms with Gasteiger partial charge in [-0.05, 0) is 50.5 Å². The summed E-state index contributed by atoms with van der Waals surface area (Å²) in [4.78, 5) is 46.4. The number of likely N-dealkylation sites (tertiary alicyclic amines) is 1. The van der Waals surface area contributed by atoms with Gasteiger partial charge in [-0.1, -0.05) is 62.8 Å². The maximum Gasteiger partial charge on any atom is 0.310 e. The van der Waals surface area contributed by atoms with Gasteiger partial charge in [-0.15, -0.1) is 24.9 Å². The van der Waals surface area contributed by atoms with E-state index in [2.05, 4.69) is 27.0 Å². The van der Waals surface area contributed by atoms with Crippen LogP contribution in [-0.2, 0) is 19.1 Å². The average Bonchev–Trinajstić information content (AvgIpc) is 3.56. The molecule has 2 amide bonds. The fourth-order valence-corrected chi connectivity index (χ4v) is 9.78. The van der Waals surface area contributed by atoms with Crippen LogP contribution in [0, 0.1) is 17.8 Å². The number of benzene rings is 1. The van der Waals surface area contributed by atoms with Crippen molar-refractivity contribution in [2.24, 2.45) is 17.8 Å². The van der Waals surface area contributed by atoms with Gasteiger partial charge in [-0.25, -0.2) is 0 Å². The summed E-state index contributed by atoms with van der Waals surface area (Å²) < 4.78 is 4.98. The van der Waals surface area contributed by atoms with Gasteiger partial charge in [0.25, 0.3) is 0 Å². The SMILES string of the molecule is C=CCCCCOC(=O)[C@@H]1[C@H]2C(=O)N([C@H](CO)c3ccccc3)C(C(=O)N(CC=C)C(C)CCC)C23S[C@@H]1CC3C. The van der Waals surface area contributed by atoms with Crippen LogP contribution in [0.4, 0.5) is 0 Å². The lowest BCUT2D eigenvalue weighted by Gasteiger charge is -2.43. The van der Waals surface area contributed by atoms with Gasteiger partial charge in [-0.3, -0.25) is 14.4 Å². The molecule has 8 heteroatoms. The zero-order valence-corrected chi connectivity index (χ0v) is 25.6. The highest BCUT2D eigenvalue weighted by molar-refractivity contribution is 8.02. The highest BCUT2D eigenvalue weighted by Crippen LogP contribution is 2.69. The molecule has 224 valence electrons. The number of fused-ring (bicyclic) bond motifs is 1. The molecule has 41 heavy (non-hydrogen) atoms. The average molecular weight is 583 g/mol. The number of ether oxygens (including phenoxy) is 1. The number of amides is 2. The van der Waals surface area contributed by atoms with Crippen LogP contribution in [0.3, 0.4) is 0 Å². The molecule has 4 rings (SSSR count). The van der Waals surface area contributed by atoms with Crippen molar-refractivity contribution < 1.29 is 24.2 Å². The first-order chi connectivity index (χ1) is 19.8. The van der Waals surface area contributed by atoms with E-state index < -0.39 is 28.7 Å². The summed E-state index contributed by atoms with van der Waals surface area (Å²) in [7, 11) is 0. The molecule has 3 fully saturated rings. The molecule has 1 spiro atoms. The van der Waals surface area contributed by atoms with Gasteiger partial charge in [0.2, 0.25) is 11.8 Å². The van der Waals surface area contributed by atoms with E-state index in [1.165, 1.54) is 0 Å². The number of allylic oxidation sites excluding steroid dienone is 1. The number of thioether (sulfide) groups is 1. The van der Waals surface area contributed by atoms with Crippen molar-refractivity contribution in [1.29, 1.82) is 0 Å². The lowest BCUT2D eigenvalue weighted by Crippen LogP contribution is -2.59. The molecule has 0 aliphatic carbocycles. The maximum absolute atomic E-state index is 14.7. The van der Waals surface area contributed by atoms with E-state index >= 15 is 0 Å². The molecule has 2 bridgehead atoms. The van der Waals surface area contributed by atoms with Crippen molar-refractivity contribution in [3.8, 4) is 0 Å². The summed E-state index contributed by atoms with van der Waals surface area (Å²) in [5, 5.41) is 10.6. The number of nitrogens with zero attached hydrogens (tertiary/aromatic N) is 2. The quantitative estimate of drug-likeness (QED) is 0.175. The fourth-order valence-electron chi connectivity index (χ4n) is 7.39. The number of rotatable bonds is 15. The minimum absolute atomic E-state index is 0.0317. The lowest BCUT2D eigenvalue weighted by atomic mass is 9.66. The molecule has 4 unspecified atom stereocenters. The first-order valence-electron chi connectivity index (χ1n) is 15.1. The number of hydrogen-bond donors (Lipinski definition) is 1. The molecule has 3 heterocycles. The fraction of sp³-hybridized carbons (Fsp3) is 0.606. The molecule has 1 aromatic rings. The summed E-state index contributed by atoms with van der Waals surface area (Å²) in [5.74, 6) is -1.97. The number of esters is 1. The van der Waals surface area contributed by atoms with E-state index in [-0.39, 0.29) is 41.6 Å². The van der Waals surface area contributed by atoms with Gasteiger partial charge in [0.1, 0.15) is 6.04 Å². The lowest BCUT2D eigenvalue weighted by molar-refractivity contribution is -0.155. The highest BCUT2D eigenvalue weighted by Gasteiger charge is 2.77. The Hall–Kier alpha value is -2.58. The van der Waals surface area contributed by atoms with Crippen LogP contribution in [0.1, 0.15) is 70.9 Å². The van der Waals surface area contributed by atoms with Crippen LogP contribution in [-0.4, -0.2) is 74.5 Å². The molecular weight excluding hydrogens is 536 g/mol. The molecule has 8 atom stereocenters. The van der Waals surface area contributed by atoms with Crippen LogP contribution in [0.5, 0.6) is 0 Å². The minimum atomic E-state index is -0.813. The van der Waals surface area contributed by atoms with Crippen LogP contribution in [0.2, 0.25) is 0 Å². The Bertz CT molecular complexity index is 1110. The van der Waals surface area contributed by atoms with E-state index in [9.17, 15) is 19.5 Å². The van der Waals surface area contributed by atoms with Crippen LogP contribution < -0.4 is 0 Å². The number of hydrogen-bond acceptors (Lipinski definition) is 6. The molecule has 0 aromatic heterocycles. The van der Waals surface area contributed by atoms with Crippen LogP contribution in [0.25, 0.3) is 0 Å². The molecule has 0 saturated carbocycles. The smallest absolute Gasteiger partial charge is 0.310 e. The van der Waals surface area contributed by atoms with E-state index in [1.807, 2.05) is 48.2 Å². The van der Waals surface area contributed by atoms with E-state index in [4.69, 9.17) is 4.74 Å². The molecule has 1 aromatic carbocycles. The van der Waals surface area contributed by atoms with Crippen molar-refractivity contribution in [2.75, 3.05) is 19.8 Å². The second kappa shape index (κ2) is 13.6. The zero-order valence-electron chi connectivity index (χ0n) is 24.7. The maximum atomic E-state index is 14.7. The number of aliphatic hydroxyl groups excluding tert-OH is 1.